The van der Waals surface area contributed by atoms with Crippen molar-refractivity contribution >= 4 is 28.4 Å². The third-order valence-electron chi connectivity index (χ3n) is 5.80. The molecule has 1 amide bonds. The molecule has 4 aromatic rings. The van der Waals surface area contributed by atoms with Crippen LogP contribution >= 0.6 is 0 Å². The summed E-state index contributed by atoms with van der Waals surface area (Å²) in [6, 6.07) is 5.11. The summed E-state index contributed by atoms with van der Waals surface area (Å²) in [6.07, 6.45) is 4.57. The van der Waals surface area contributed by atoms with E-state index in [2.05, 4.69) is 35.4 Å². The van der Waals surface area contributed by atoms with Gasteiger partial charge in [0.25, 0.3) is 5.91 Å². The van der Waals surface area contributed by atoms with Crippen LogP contribution in [-0.2, 0) is 11.3 Å². The number of rotatable bonds is 11. The molecular weight excluding hydrogens is 531 g/mol. The maximum atomic E-state index is 14.3. The van der Waals surface area contributed by atoms with Crippen LogP contribution in [0, 0.1) is 11.3 Å². The Labute approximate surface area is 226 Å². The summed E-state index contributed by atoms with van der Waals surface area (Å²) in [5, 5.41) is 28.6. The van der Waals surface area contributed by atoms with Gasteiger partial charge in [-0.25, -0.2) is 19.3 Å². The topological polar surface area (TPSA) is 156 Å². The summed E-state index contributed by atoms with van der Waals surface area (Å²) in [7, 11) is 0. The van der Waals surface area contributed by atoms with E-state index in [1.165, 1.54) is 56.6 Å². The van der Waals surface area contributed by atoms with Crippen LogP contribution in [-0.4, -0.2) is 71.3 Å². The van der Waals surface area contributed by atoms with Crippen LogP contribution in [0.4, 0.5) is 24.5 Å². The van der Waals surface area contributed by atoms with E-state index in [1.807, 2.05) is 6.07 Å². The number of fused-ring (bicyclic) bond motifs is 1. The Morgan fingerprint density at radius 1 is 1.20 bits per heavy atom. The lowest BCUT2D eigenvalue weighted by Crippen LogP contribution is -2.42. The molecule has 4 aromatic heterocycles. The molecule has 3 N–H and O–H groups in total. The lowest BCUT2D eigenvalue weighted by atomic mass is 10.0. The van der Waals surface area contributed by atoms with E-state index in [0.29, 0.717) is 28.2 Å². The van der Waals surface area contributed by atoms with E-state index < -0.39 is 36.9 Å². The Morgan fingerprint density at radius 2 is 1.98 bits per heavy atom. The zero-order valence-electron chi connectivity index (χ0n) is 21.7. The lowest BCUT2D eigenvalue weighted by Gasteiger charge is -2.22. The fourth-order valence-electron chi connectivity index (χ4n) is 3.68. The molecule has 4 heterocycles. The molecule has 15 heteroatoms. The third kappa shape index (κ3) is 6.71. The lowest BCUT2D eigenvalue weighted by molar-refractivity contribution is -0.161. The van der Waals surface area contributed by atoms with E-state index in [1.54, 1.807) is 16.7 Å². The largest absolute Gasteiger partial charge is 0.387 e. The van der Waals surface area contributed by atoms with Crippen LogP contribution in [0.5, 0.6) is 0 Å². The van der Waals surface area contributed by atoms with Crippen molar-refractivity contribution in [2.24, 2.45) is 0 Å². The van der Waals surface area contributed by atoms with Gasteiger partial charge in [0.15, 0.2) is 5.65 Å². The number of alkyl halides is 3. The van der Waals surface area contributed by atoms with E-state index >= 15 is 0 Å². The fraction of sp³-hybridized carbons (Fsp3) is 0.360. The van der Waals surface area contributed by atoms with E-state index in [-0.39, 0.29) is 17.8 Å². The molecule has 0 radical (unpaired) electrons. The van der Waals surface area contributed by atoms with Gasteiger partial charge in [0.2, 0.25) is 0 Å². The quantitative estimate of drug-likeness (QED) is 0.252. The predicted octanol–water partition coefficient (Wildman–Crippen LogP) is 3.09. The van der Waals surface area contributed by atoms with Gasteiger partial charge in [0.1, 0.15) is 29.9 Å². The molecule has 0 saturated heterocycles. The number of carbonyl (C=O) groups is 1. The first-order valence-corrected chi connectivity index (χ1v) is 12.1. The van der Waals surface area contributed by atoms with Gasteiger partial charge in [0, 0.05) is 24.7 Å². The molecule has 4 rings (SSSR count). The molecule has 12 nitrogen and oxygen atoms in total. The number of anilines is 2. The van der Waals surface area contributed by atoms with Gasteiger partial charge < -0.3 is 20.5 Å². The predicted molar refractivity (Wildman–Crippen MR) is 137 cm³/mol. The molecule has 210 valence electrons. The molecule has 0 saturated carbocycles. The zero-order chi connectivity index (χ0) is 29.0. The number of halogens is 3. The first kappa shape index (κ1) is 28.5. The first-order valence-electron chi connectivity index (χ1n) is 12.1. The molecule has 0 spiro atoms. The van der Waals surface area contributed by atoms with Crippen LogP contribution in [0.25, 0.3) is 17.0 Å². The van der Waals surface area contributed by atoms with Crippen molar-refractivity contribution < 1.29 is 27.8 Å². The SMILES string of the molecule is CC(Cn1cc(Nc2cc(-n3cnc4cc(C#N)cnc43)ncc2C(=O)NC[C@@H](F)C(C)(C)O)cn1)OC(F)F. The van der Waals surface area contributed by atoms with E-state index in [0.717, 1.165) is 0 Å². The number of carbonyl (C=O) groups excluding carboxylic acids is 1. The molecule has 40 heavy (non-hydrogen) atoms. The number of aliphatic hydroxyl groups is 1. The van der Waals surface area contributed by atoms with Crippen molar-refractivity contribution in [3.05, 3.63) is 54.4 Å². The van der Waals surface area contributed by atoms with Crippen LogP contribution < -0.4 is 10.6 Å². The molecule has 0 aliphatic carbocycles. The summed E-state index contributed by atoms with van der Waals surface area (Å²) in [5.41, 5.74) is 0.285. The number of nitrogens with one attached hydrogen (secondary N) is 2. The highest BCUT2D eigenvalue weighted by Crippen LogP contribution is 2.25. The number of ether oxygens (including phenoxy) is 1. The van der Waals surface area contributed by atoms with Gasteiger partial charge in [-0.15, -0.1) is 0 Å². The smallest absolute Gasteiger partial charge is 0.345 e. The number of hydrogen-bond donors (Lipinski definition) is 3. The Bertz CT molecular complexity index is 1540. The number of pyridine rings is 2. The maximum absolute atomic E-state index is 14.3. The molecule has 2 atom stereocenters. The minimum atomic E-state index is -2.92. The Morgan fingerprint density at radius 3 is 2.67 bits per heavy atom. The van der Waals surface area contributed by atoms with Gasteiger partial charge in [-0.1, -0.05) is 0 Å². The summed E-state index contributed by atoms with van der Waals surface area (Å²) in [6.45, 7) is 0.753. The van der Waals surface area contributed by atoms with Crippen molar-refractivity contribution in [2.45, 2.75) is 51.8 Å². The standard InChI is InChI=1S/C25H26F3N9O3/c1-14(40-24(27)28)11-36-12-16(8-34-36)35-18-5-21(37-13-33-19-4-15(6-29)7-31-22(19)37)30-9-17(18)23(38)32-10-20(26)25(2,3)39/h4-5,7-9,12-14,20,24,39H,10-11H2,1-3H3,(H,30,35)(H,32,38)/t14?,20-/m1/s1. The van der Waals surface area contributed by atoms with Crippen molar-refractivity contribution in [3.63, 3.8) is 0 Å². The molecule has 0 aliphatic rings. The average molecular weight is 558 g/mol. The highest BCUT2D eigenvalue weighted by Gasteiger charge is 2.27. The molecule has 0 fully saturated rings. The summed E-state index contributed by atoms with van der Waals surface area (Å²) in [4.78, 5) is 25.9. The summed E-state index contributed by atoms with van der Waals surface area (Å²) >= 11 is 0. The van der Waals surface area contributed by atoms with Crippen LogP contribution in [0.2, 0.25) is 0 Å². The number of imidazole rings is 1. The van der Waals surface area contributed by atoms with Crippen LogP contribution in [0.15, 0.2) is 43.2 Å². The van der Waals surface area contributed by atoms with Crippen molar-refractivity contribution in [3.8, 4) is 11.9 Å². The number of nitriles is 1. The summed E-state index contributed by atoms with van der Waals surface area (Å²) < 4.78 is 46.7. The van der Waals surface area contributed by atoms with Gasteiger partial charge in [0.05, 0.1) is 53.5 Å². The van der Waals surface area contributed by atoms with Crippen molar-refractivity contribution in [1.82, 2.24) is 34.6 Å². The second kappa shape index (κ2) is 11.7. The maximum Gasteiger partial charge on any atom is 0.345 e. The van der Waals surface area contributed by atoms with Gasteiger partial charge in [-0.3, -0.25) is 14.0 Å². The normalized spacial score (nSPS) is 13.3. The minimum Gasteiger partial charge on any atom is -0.387 e. The number of hydrogen-bond acceptors (Lipinski definition) is 9. The van der Waals surface area contributed by atoms with Crippen molar-refractivity contribution in [1.29, 1.82) is 5.26 Å². The molecular formula is C25H26F3N9O3. The highest BCUT2D eigenvalue weighted by molar-refractivity contribution is 6.00. The number of amides is 1. The van der Waals surface area contributed by atoms with Gasteiger partial charge in [-0.2, -0.15) is 19.1 Å². The van der Waals surface area contributed by atoms with E-state index in [4.69, 9.17) is 5.26 Å². The molecule has 1 unspecified atom stereocenters. The summed E-state index contributed by atoms with van der Waals surface area (Å²) in [5.74, 6) is -0.336. The second-order valence-electron chi connectivity index (χ2n) is 9.50. The Kier molecular flexibility index (Phi) is 8.31. The van der Waals surface area contributed by atoms with Gasteiger partial charge >= 0.3 is 6.61 Å². The monoisotopic (exact) mass is 557 g/mol. The third-order valence-corrected chi connectivity index (χ3v) is 5.80. The minimum absolute atomic E-state index is 0.0488. The zero-order valence-corrected chi connectivity index (χ0v) is 21.7. The first-order chi connectivity index (χ1) is 18.9. The number of nitrogens with zero attached hydrogens (tertiary/aromatic N) is 7. The Balaban J connectivity index is 1.65. The van der Waals surface area contributed by atoms with Gasteiger partial charge in [-0.05, 0) is 26.8 Å². The fourth-order valence-corrected chi connectivity index (χ4v) is 3.68. The highest BCUT2D eigenvalue weighted by atomic mass is 19.3. The molecule has 0 aromatic carbocycles. The van der Waals surface area contributed by atoms with Crippen molar-refractivity contribution in [2.75, 3.05) is 11.9 Å². The average Bonchev–Trinajstić information content (AvgIpc) is 3.52. The Hall–Kier alpha value is -4.55. The van der Waals surface area contributed by atoms with Crippen LogP contribution in [0.1, 0.15) is 36.7 Å². The molecule has 0 aliphatic heterocycles. The second-order valence-corrected chi connectivity index (χ2v) is 9.50. The van der Waals surface area contributed by atoms with Crippen LogP contribution in [0.3, 0.4) is 0 Å². The molecule has 0 bridgehead atoms. The number of aromatic nitrogens is 6. The van der Waals surface area contributed by atoms with E-state index in [9.17, 15) is 23.1 Å².